The van der Waals surface area contributed by atoms with Gasteiger partial charge in [0.15, 0.2) is 22.6 Å². The Morgan fingerprint density at radius 2 is 1.61 bits per heavy atom. The van der Waals surface area contributed by atoms with Gasteiger partial charge < -0.3 is 24.8 Å². The monoisotopic (exact) mass is 834 g/mol. The molecule has 0 saturated carbocycles. The van der Waals surface area contributed by atoms with Crippen LogP contribution in [0.4, 0.5) is 10.2 Å². The number of terminal acetylenes is 1. The summed E-state index contributed by atoms with van der Waals surface area (Å²) in [6.45, 7) is 3.77. The topological polar surface area (TPSA) is 173 Å². The van der Waals surface area contributed by atoms with Crippen LogP contribution in [0.5, 0.6) is 5.75 Å². The molecule has 320 valence electrons. The number of hydrogen-bond acceptors (Lipinski definition) is 11. The van der Waals surface area contributed by atoms with Gasteiger partial charge in [-0.05, 0) is 49.8 Å². The Balaban J connectivity index is 1.37. The molecule has 1 fully saturated rings. The average Bonchev–Trinajstić information content (AvgIpc) is 3.81. The molecular weight excluding hydrogens is 774 g/mol. The minimum Gasteiger partial charge on any atom is -0.461 e. The molecule has 0 aliphatic carbocycles. The van der Waals surface area contributed by atoms with E-state index >= 15 is 0 Å². The predicted octanol–water partition coefficient (Wildman–Crippen LogP) is 9.02. The van der Waals surface area contributed by atoms with Crippen LogP contribution in [0.25, 0.3) is 11.2 Å². The summed E-state index contributed by atoms with van der Waals surface area (Å²) in [5.74, 6) is 1.93. The number of carbonyl (C=O) groups is 1. The Morgan fingerprint density at radius 3 is 2.24 bits per heavy atom. The zero-order chi connectivity index (χ0) is 42.1. The maximum Gasteiger partial charge on any atom is 0.459 e. The van der Waals surface area contributed by atoms with Crippen molar-refractivity contribution in [2.75, 3.05) is 12.3 Å². The molecular formula is C44H60FN6O7P. The van der Waals surface area contributed by atoms with E-state index in [9.17, 15) is 18.9 Å². The molecule has 5 rings (SSSR count). The molecule has 59 heavy (non-hydrogen) atoms. The molecule has 1 saturated heterocycles. The highest BCUT2D eigenvalue weighted by atomic mass is 31.2. The zero-order valence-corrected chi connectivity index (χ0v) is 35.2. The van der Waals surface area contributed by atoms with Crippen molar-refractivity contribution in [3.63, 3.8) is 0 Å². The number of nitrogens with zero attached hydrogens (tertiary/aromatic N) is 4. The van der Waals surface area contributed by atoms with Gasteiger partial charge in [0.2, 0.25) is 0 Å². The van der Waals surface area contributed by atoms with Crippen LogP contribution in [-0.4, -0.2) is 61.1 Å². The number of imidazole rings is 1. The van der Waals surface area contributed by atoms with E-state index in [2.05, 4.69) is 39.8 Å². The molecule has 0 radical (unpaired) electrons. The highest BCUT2D eigenvalue weighted by molar-refractivity contribution is 7.52. The number of para-hydroxylation sites is 1. The number of nitrogens with one attached hydrogen (secondary N) is 1. The van der Waals surface area contributed by atoms with Gasteiger partial charge in [0.05, 0.1) is 6.33 Å². The number of aliphatic hydroxyl groups is 1. The standard InChI is InChI=1S/C44H60FN6O7P/c1-4-7-9-11-13-19-25-34(26-20-14-12-10-8-5-2)56-42(53)36(29-33-23-17-15-18-24-33)50-59(54,58-35-27-21-16-22-28-35)55-31-44(6-3)37(52)30-38(57-44)51-32-47-39-40(46)48-43(45)49-41(39)51/h3,15-18,21-24,27-28,32,34,36-38,52H,4-5,7-14,19-20,25-26,29-31H2,1-2H3,(H,50,54)(H2,46,48,49)/t36-,37-,38+,44+,59-/m0/s1. The van der Waals surface area contributed by atoms with Crippen molar-refractivity contribution in [3.8, 4) is 18.1 Å². The number of halogens is 1. The van der Waals surface area contributed by atoms with Gasteiger partial charge in [0.1, 0.15) is 36.8 Å². The van der Waals surface area contributed by atoms with E-state index in [1.165, 1.54) is 49.4 Å². The lowest BCUT2D eigenvalue weighted by Crippen LogP contribution is -2.45. The number of benzene rings is 2. The number of carbonyl (C=O) groups excluding carboxylic acids is 1. The molecule has 3 heterocycles. The lowest BCUT2D eigenvalue weighted by molar-refractivity contribution is -0.152. The number of nitrogen functional groups attached to an aromatic ring is 1. The number of fused-ring (bicyclic) bond motifs is 1. The summed E-state index contributed by atoms with van der Waals surface area (Å²) in [7, 11) is -4.52. The van der Waals surface area contributed by atoms with Crippen molar-refractivity contribution in [1.82, 2.24) is 24.6 Å². The van der Waals surface area contributed by atoms with Crippen LogP contribution in [0.15, 0.2) is 67.0 Å². The SMILES string of the molecule is C#C[C@]1(CO[P@@](=O)(N[C@@H](Cc2ccccc2)C(=O)OC(CCCCCCCC)CCCCCCCC)Oc2ccccc2)O[C@@H](n2cnc3c(N)nc(F)nc32)C[C@@H]1O. The fourth-order valence-corrected chi connectivity index (χ4v) is 8.79. The van der Waals surface area contributed by atoms with Gasteiger partial charge in [-0.15, -0.1) is 6.42 Å². The number of unbranched alkanes of at least 4 members (excludes halogenated alkanes) is 10. The van der Waals surface area contributed by atoms with Crippen LogP contribution in [0.2, 0.25) is 0 Å². The molecule has 15 heteroatoms. The smallest absolute Gasteiger partial charge is 0.459 e. The molecule has 4 N–H and O–H groups in total. The number of aromatic nitrogens is 4. The Hall–Kier alpha value is -4.38. The third-order valence-corrected chi connectivity index (χ3v) is 12.2. The first-order valence-corrected chi connectivity index (χ1v) is 22.6. The number of ether oxygens (including phenoxy) is 2. The maximum atomic E-state index is 15.0. The fraction of sp³-hybridized carbons (Fsp3) is 0.545. The molecule has 1 aliphatic heterocycles. The van der Waals surface area contributed by atoms with Gasteiger partial charge in [-0.3, -0.25) is 13.9 Å². The van der Waals surface area contributed by atoms with Gasteiger partial charge in [0.25, 0.3) is 0 Å². The number of esters is 1. The second-order valence-electron chi connectivity index (χ2n) is 15.3. The largest absolute Gasteiger partial charge is 0.461 e. The summed E-state index contributed by atoms with van der Waals surface area (Å²) in [6, 6.07) is 16.6. The summed E-state index contributed by atoms with van der Waals surface area (Å²) in [5.41, 5.74) is 4.97. The molecule has 5 atom stereocenters. The van der Waals surface area contributed by atoms with Crippen LogP contribution in [0, 0.1) is 18.4 Å². The van der Waals surface area contributed by atoms with Gasteiger partial charge in [-0.2, -0.15) is 19.4 Å². The highest BCUT2D eigenvalue weighted by Crippen LogP contribution is 2.48. The molecule has 0 amide bonds. The predicted molar refractivity (Wildman–Crippen MR) is 226 cm³/mol. The first-order valence-electron chi connectivity index (χ1n) is 21.1. The number of aliphatic hydroxyl groups excluding tert-OH is 1. The minimum atomic E-state index is -4.52. The molecule has 4 aromatic rings. The number of nitrogens with two attached hydrogens (primary N) is 1. The van der Waals surface area contributed by atoms with Crippen LogP contribution < -0.4 is 15.3 Å². The maximum absolute atomic E-state index is 15.0. The minimum absolute atomic E-state index is 0.0363. The van der Waals surface area contributed by atoms with E-state index in [-0.39, 0.29) is 41.7 Å². The number of anilines is 1. The van der Waals surface area contributed by atoms with E-state index in [1.807, 2.05) is 30.3 Å². The molecule has 2 aromatic heterocycles. The summed E-state index contributed by atoms with van der Waals surface area (Å²) in [5, 5.41) is 14.3. The fourth-order valence-electron chi connectivity index (χ4n) is 7.27. The second kappa shape index (κ2) is 22.8. The first kappa shape index (κ1) is 45.7. The summed E-state index contributed by atoms with van der Waals surface area (Å²) < 4.78 is 55.2. The second-order valence-corrected chi connectivity index (χ2v) is 17.0. The lowest BCUT2D eigenvalue weighted by atomic mass is 9.99. The molecule has 0 unspecified atom stereocenters. The lowest BCUT2D eigenvalue weighted by Gasteiger charge is -2.30. The normalized spacial score (nSPS) is 19.4. The number of hydrogen-bond donors (Lipinski definition) is 3. The van der Waals surface area contributed by atoms with Crippen LogP contribution in [0.3, 0.4) is 0 Å². The average molecular weight is 835 g/mol. The molecule has 0 bridgehead atoms. The number of rotatable bonds is 26. The van der Waals surface area contributed by atoms with Gasteiger partial charge in [-0.25, -0.2) is 9.55 Å². The first-order chi connectivity index (χ1) is 28.6. The van der Waals surface area contributed by atoms with Crippen LogP contribution in [-0.2, 0) is 29.8 Å². The van der Waals surface area contributed by atoms with Gasteiger partial charge >= 0.3 is 19.8 Å². The molecule has 13 nitrogen and oxygen atoms in total. The van der Waals surface area contributed by atoms with E-state index in [4.69, 9.17) is 30.7 Å². The summed E-state index contributed by atoms with van der Waals surface area (Å²) in [6.07, 6.45) is 18.5. The third-order valence-electron chi connectivity index (χ3n) is 10.6. The van der Waals surface area contributed by atoms with Crippen molar-refractivity contribution in [2.24, 2.45) is 0 Å². The highest BCUT2D eigenvalue weighted by Gasteiger charge is 2.50. The third kappa shape index (κ3) is 13.3. The Kier molecular flexibility index (Phi) is 17.7. The summed E-state index contributed by atoms with van der Waals surface area (Å²) in [4.78, 5) is 25.8. The molecule has 1 aliphatic rings. The quantitative estimate of drug-likeness (QED) is 0.0180. The van der Waals surface area contributed by atoms with E-state index in [0.717, 1.165) is 56.9 Å². The Bertz CT molecular complexity index is 1970. The molecule has 0 spiro atoms. The van der Waals surface area contributed by atoms with E-state index < -0.39 is 50.4 Å². The van der Waals surface area contributed by atoms with Gasteiger partial charge in [0, 0.05) is 6.42 Å². The van der Waals surface area contributed by atoms with Gasteiger partial charge in [-0.1, -0.05) is 133 Å². The molecule has 2 aromatic carbocycles. The van der Waals surface area contributed by atoms with Crippen LogP contribution in [0.1, 0.15) is 122 Å². The Morgan fingerprint density at radius 1 is 1.00 bits per heavy atom. The van der Waals surface area contributed by atoms with Crippen LogP contribution >= 0.6 is 7.75 Å². The zero-order valence-electron chi connectivity index (χ0n) is 34.3. The van der Waals surface area contributed by atoms with Crippen molar-refractivity contribution < 1.29 is 37.4 Å². The van der Waals surface area contributed by atoms with Crippen molar-refractivity contribution in [3.05, 3.63) is 78.6 Å². The van der Waals surface area contributed by atoms with E-state index in [0.29, 0.717) is 0 Å². The van der Waals surface area contributed by atoms with Crippen molar-refractivity contribution >= 4 is 30.7 Å². The van der Waals surface area contributed by atoms with Crippen molar-refractivity contribution in [1.29, 1.82) is 0 Å². The van der Waals surface area contributed by atoms with Crippen molar-refractivity contribution in [2.45, 2.75) is 147 Å². The van der Waals surface area contributed by atoms with E-state index in [1.54, 1.807) is 30.3 Å². The summed E-state index contributed by atoms with van der Waals surface area (Å²) >= 11 is 0. The Labute approximate surface area is 347 Å².